The monoisotopic (exact) mass is 350 g/mol. The molecule has 5 rings (SSSR count). The molecule has 7 heteroatoms. The van der Waals surface area contributed by atoms with Gasteiger partial charge in [0.2, 0.25) is 0 Å². The van der Waals surface area contributed by atoms with Crippen LogP contribution < -0.4 is 5.73 Å². The average Bonchev–Trinajstić information content (AvgIpc) is 3.29. The minimum absolute atomic E-state index is 0.00801. The molecule has 0 bridgehead atoms. The summed E-state index contributed by atoms with van der Waals surface area (Å²) in [4.78, 5) is 33.9. The van der Waals surface area contributed by atoms with Crippen molar-refractivity contribution in [2.24, 2.45) is 11.7 Å². The summed E-state index contributed by atoms with van der Waals surface area (Å²) in [5.74, 6) is -0.801. The number of hydrogen-bond acceptors (Lipinski definition) is 5. The molecule has 2 atom stereocenters. The topological polar surface area (TPSA) is 90.9 Å². The maximum atomic E-state index is 13.1. The highest BCUT2D eigenvalue weighted by Gasteiger charge is 2.41. The molecule has 0 radical (unpaired) electrons. The van der Waals surface area contributed by atoms with E-state index in [2.05, 4.69) is 26.7 Å². The molecular weight excluding hydrogens is 336 g/mol. The van der Waals surface area contributed by atoms with Crippen molar-refractivity contribution >= 4 is 23.0 Å². The van der Waals surface area contributed by atoms with Crippen molar-refractivity contribution in [1.29, 1.82) is 0 Å². The van der Waals surface area contributed by atoms with Gasteiger partial charge in [0.25, 0.3) is 5.91 Å². The van der Waals surface area contributed by atoms with E-state index in [9.17, 15) is 9.59 Å². The van der Waals surface area contributed by atoms with Gasteiger partial charge in [0, 0.05) is 16.4 Å². The number of carbonyl (C=O) groups is 2. The minimum atomic E-state index is -0.577. The predicted molar refractivity (Wildman–Crippen MR) is 92.6 cm³/mol. The van der Waals surface area contributed by atoms with Gasteiger partial charge < -0.3 is 10.3 Å². The Labute approximate surface area is 147 Å². The zero-order valence-electron chi connectivity index (χ0n) is 13.2. The number of thiazole rings is 1. The second-order valence-corrected chi connectivity index (χ2v) is 7.47. The number of aryl methyl sites for hydroxylation is 1. The van der Waals surface area contributed by atoms with Gasteiger partial charge in [-0.1, -0.05) is 24.3 Å². The maximum absolute atomic E-state index is 13.1. The van der Waals surface area contributed by atoms with Crippen molar-refractivity contribution < 1.29 is 9.59 Å². The number of carbonyl (C=O) groups excluding carboxylic acids is 2. The normalized spacial score (nSPS) is 20.9. The Morgan fingerprint density at radius 2 is 2.16 bits per heavy atom. The molecule has 2 aromatic heterocycles. The van der Waals surface area contributed by atoms with Gasteiger partial charge in [-0.15, -0.1) is 11.3 Å². The second-order valence-electron chi connectivity index (χ2n) is 6.38. The number of rotatable bonds is 2. The number of nitrogens with zero attached hydrogens (tertiary/aromatic N) is 3. The smallest absolute Gasteiger partial charge is 0.277 e. The molecule has 0 spiro atoms. The zero-order chi connectivity index (χ0) is 17.1. The van der Waals surface area contributed by atoms with Gasteiger partial charge in [-0.2, -0.15) is 0 Å². The number of benzene rings is 1. The van der Waals surface area contributed by atoms with Crippen molar-refractivity contribution in [1.82, 2.24) is 14.5 Å². The third kappa shape index (κ3) is 1.96. The van der Waals surface area contributed by atoms with Crippen LogP contribution in [0, 0.1) is 5.92 Å². The molecule has 3 heterocycles. The molecular formula is C18H14N4O2S. The van der Waals surface area contributed by atoms with E-state index in [-0.39, 0.29) is 22.8 Å². The molecule has 1 aliphatic carbocycles. The first-order chi connectivity index (χ1) is 12.1. The van der Waals surface area contributed by atoms with E-state index in [1.165, 1.54) is 11.3 Å². The number of hydrogen-bond donors (Lipinski definition) is 1. The van der Waals surface area contributed by atoms with Crippen LogP contribution in [0.3, 0.4) is 0 Å². The van der Waals surface area contributed by atoms with Crippen molar-refractivity contribution in [3.05, 3.63) is 57.9 Å². The first-order valence-corrected chi connectivity index (χ1v) is 8.91. The summed E-state index contributed by atoms with van der Waals surface area (Å²) < 4.78 is 2.08. The molecule has 2 aliphatic rings. The first-order valence-electron chi connectivity index (χ1n) is 8.10. The van der Waals surface area contributed by atoms with Crippen molar-refractivity contribution in [2.45, 2.75) is 18.9 Å². The highest BCUT2D eigenvalue weighted by Crippen LogP contribution is 2.46. The zero-order valence-corrected chi connectivity index (χ0v) is 14.0. The summed E-state index contributed by atoms with van der Waals surface area (Å²) in [6, 6.07) is 8.06. The number of nitrogens with two attached hydrogens (primary N) is 1. The van der Waals surface area contributed by atoms with E-state index in [1.54, 1.807) is 6.33 Å². The van der Waals surface area contributed by atoms with Crippen LogP contribution in [0.5, 0.6) is 0 Å². The molecule has 6 nitrogen and oxygen atoms in total. The third-order valence-electron chi connectivity index (χ3n) is 5.06. The molecule has 3 aromatic rings. The molecule has 1 amide bonds. The van der Waals surface area contributed by atoms with Gasteiger partial charge in [-0.25, -0.2) is 9.97 Å². The number of fused-ring (bicyclic) bond motifs is 4. The molecule has 1 aliphatic heterocycles. The molecule has 25 heavy (non-hydrogen) atoms. The summed E-state index contributed by atoms with van der Waals surface area (Å²) in [5, 5.41) is 0.217. The van der Waals surface area contributed by atoms with Crippen LogP contribution >= 0.6 is 11.3 Å². The first kappa shape index (κ1) is 14.5. The van der Waals surface area contributed by atoms with Crippen LogP contribution in [-0.2, 0) is 6.42 Å². The number of ketones is 1. The standard InChI is InChI=1S/C18H14N4O2S/c19-17(24)18-21-14-13(25-18)6-5-11(16(14)23)15-10-4-2-1-3-9(10)12-7-20-8-22(12)15/h1-4,7-8,11,15H,5-6H2,(H2,19,24). The lowest BCUT2D eigenvalue weighted by Gasteiger charge is -2.27. The summed E-state index contributed by atoms with van der Waals surface area (Å²) in [6.45, 7) is 0. The fourth-order valence-corrected chi connectivity index (χ4v) is 4.93. The molecule has 2 N–H and O–H groups in total. The van der Waals surface area contributed by atoms with Crippen LogP contribution in [0.15, 0.2) is 36.8 Å². The highest BCUT2D eigenvalue weighted by molar-refractivity contribution is 7.13. The van der Waals surface area contributed by atoms with Gasteiger partial charge in [0.15, 0.2) is 10.8 Å². The number of amides is 1. The molecule has 0 saturated carbocycles. The van der Waals surface area contributed by atoms with E-state index >= 15 is 0 Å². The summed E-state index contributed by atoms with van der Waals surface area (Å²) >= 11 is 1.24. The lowest BCUT2D eigenvalue weighted by atomic mass is 9.81. The Morgan fingerprint density at radius 3 is 3.00 bits per heavy atom. The summed E-state index contributed by atoms with van der Waals surface area (Å²) in [5.41, 5.74) is 9.05. The average molecular weight is 350 g/mol. The minimum Gasteiger partial charge on any atom is -0.364 e. The van der Waals surface area contributed by atoms with Gasteiger partial charge in [-0.3, -0.25) is 9.59 Å². The largest absolute Gasteiger partial charge is 0.364 e. The van der Waals surface area contributed by atoms with E-state index < -0.39 is 5.91 Å². The van der Waals surface area contributed by atoms with Crippen LogP contribution in [0.4, 0.5) is 0 Å². The lowest BCUT2D eigenvalue weighted by Crippen LogP contribution is -2.30. The maximum Gasteiger partial charge on any atom is 0.277 e. The van der Waals surface area contributed by atoms with Gasteiger partial charge in [0.05, 0.1) is 24.3 Å². The Kier molecular flexibility index (Phi) is 2.96. The van der Waals surface area contributed by atoms with E-state index in [1.807, 2.05) is 18.3 Å². The van der Waals surface area contributed by atoms with Crippen LogP contribution in [0.2, 0.25) is 0 Å². The molecule has 0 fully saturated rings. The molecule has 0 saturated heterocycles. The fraction of sp³-hybridized carbons (Fsp3) is 0.222. The number of Topliss-reactive ketones (excluding diaryl/α,β-unsaturated/α-hetero) is 1. The Balaban J connectivity index is 1.61. The predicted octanol–water partition coefficient (Wildman–Crippen LogP) is 2.45. The van der Waals surface area contributed by atoms with Gasteiger partial charge >= 0.3 is 0 Å². The van der Waals surface area contributed by atoms with Gasteiger partial charge in [-0.05, 0) is 18.4 Å². The van der Waals surface area contributed by atoms with Crippen molar-refractivity contribution in [3.63, 3.8) is 0 Å². The number of imidazole rings is 1. The van der Waals surface area contributed by atoms with Crippen LogP contribution in [0.1, 0.15) is 43.2 Å². The SMILES string of the molecule is NC(=O)c1nc2c(s1)CCC(C1c3ccccc3-c3cncn31)C2=O. The fourth-order valence-electron chi connectivity index (χ4n) is 4.00. The van der Waals surface area contributed by atoms with Crippen molar-refractivity contribution in [2.75, 3.05) is 0 Å². The van der Waals surface area contributed by atoms with Crippen LogP contribution in [-0.4, -0.2) is 26.2 Å². The molecule has 1 aromatic carbocycles. The van der Waals surface area contributed by atoms with Crippen molar-refractivity contribution in [3.8, 4) is 11.3 Å². The highest BCUT2D eigenvalue weighted by atomic mass is 32.1. The van der Waals surface area contributed by atoms with Gasteiger partial charge in [0.1, 0.15) is 5.69 Å². The molecule has 2 unspecified atom stereocenters. The summed E-state index contributed by atoms with van der Waals surface area (Å²) in [6.07, 6.45) is 5.09. The number of primary amides is 1. The molecule has 124 valence electrons. The second kappa shape index (κ2) is 5.10. The summed E-state index contributed by atoms with van der Waals surface area (Å²) in [7, 11) is 0. The van der Waals surface area contributed by atoms with Crippen LogP contribution in [0.25, 0.3) is 11.3 Å². The van der Waals surface area contributed by atoms with E-state index in [4.69, 9.17) is 5.73 Å². The van der Waals surface area contributed by atoms with E-state index in [0.29, 0.717) is 5.69 Å². The Bertz CT molecular complexity index is 1040. The Morgan fingerprint density at radius 1 is 1.32 bits per heavy atom. The van der Waals surface area contributed by atoms with E-state index in [0.717, 1.165) is 34.5 Å². The third-order valence-corrected chi connectivity index (χ3v) is 6.19. The number of aromatic nitrogens is 3. The quantitative estimate of drug-likeness (QED) is 0.768. The lowest BCUT2D eigenvalue weighted by molar-refractivity contribution is 0.0867. The Hall–Kier alpha value is -2.80.